The number of aromatic carboxylic acids is 1. The number of aliphatic hydroxyl groups is 4. The molecule has 4 rings (SSSR count). The van der Waals surface area contributed by atoms with Gasteiger partial charge in [0, 0.05) is 22.3 Å². The number of aliphatic hydroxyl groups excluding tert-OH is 4. The first-order chi connectivity index (χ1) is 16.3. The Labute approximate surface area is 248 Å². The van der Waals surface area contributed by atoms with Gasteiger partial charge >= 0.3 is 55.1 Å². The topological polar surface area (TPSA) is 257 Å². The molecule has 0 bridgehead atoms. The van der Waals surface area contributed by atoms with Crippen LogP contribution in [0.2, 0.25) is 0 Å². The minimum atomic E-state index is -2.15. The van der Waals surface area contributed by atoms with E-state index in [0.29, 0.717) is 6.07 Å². The minimum absolute atomic E-state index is 0. The SMILES string of the molecule is Cc1c(C(=O)[O-])c([O-])cc2c1C(=O)c1c([O-])c([C@@H]3O[C@H](CO)[C@@H](O)[C@H](O)[C@H]3O)c([O-])c([O-])c1C2=O.[Al+3].[Ca+2]. The Morgan fingerprint density at radius 2 is 1.49 bits per heavy atom. The van der Waals surface area contributed by atoms with E-state index in [2.05, 4.69) is 0 Å². The third-order valence-corrected chi connectivity index (χ3v) is 6.25. The molecule has 0 amide bonds. The number of fused-ring (bicyclic) bond motifs is 2. The zero-order valence-electron chi connectivity index (χ0n) is 18.9. The van der Waals surface area contributed by atoms with E-state index in [1.807, 2.05) is 0 Å². The molecule has 15 heteroatoms. The van der Waals surface area contributed by atoms with Crippen molar-refractivity contribution in [1.29, 1.82) is 0 Å². The molecule has 0 spiro atoms. The fraction of sp³-hybridized carbons (Fsp3) is 0.318. The number of carbonyl (C=O) groups excluding carboxylic acids is 3. The molecule has 2 aliphatic rings. The van der Waals surface area contributed by atoms with Gasteiger partial charge in [-0.2, -0.15) is 0 Å². The van der Waals surface area contributed by atoms with Gasteiger partial charge in [0.25, 0.3) is 0 Å². The molecule has 2 aromatic carbocycles. The molecule has 0 aromatic heterocycles. The van der Waals surface area contributed by atoms with Crippen LogP contribution < -0.4 is 25.5 Å². The molecule has 1 heterocycles. The molecule has 37 heavy (non-hydrogen) atoms. The predicted molar refractivity (Wildman–Crippen MR) is 111 cm³/mol. The number of ketones is 2. The summed E-state index contributed by atoms with van der Waals surface area (Å²) in [6.07, 6.45) is -9.68. The summed E-state index contributed by atoms with van der Waals surface area (Å²) >= 11 is 0. The molecule has 0 unspecified atom stereocenters. The molecule has 0 saturated carbocycles. The van der Waals surface area contributed by atoms with Gasteiger partial charge < -0.3 is 55.5 Å². The second-order valence-corrected chi connectivity index (χ2v) is 8.14. The molecule has 1 saturated heterocycles. The zero-order valence-corrected chi connectivity index (χ0v) is 22.3. The first-order valence-electron chi connectivity index (χ1n) is 10.1. The normalized spacial score (nSPS) is 24.4. The molecule has 1 fully saturated rings. The van der Waals surface area contributed by atoms with Crippen LogP contribution in [0, 0.1) is 6.92 Å². The summed E-state index contributed by atoms with van der Waals surface area (Å²) in [5.74, 6) is -10.6. The van der Waals surface area contributed by atoms with Gasteiger partial charge in [-0.15, -0.1) is 11.5 Å². The summed E-state index contributed by atoms with van der Waals surface area (Å²) in [6.45, 7) is 0.0944. The van der Waals surface area contributed by atoms with Gasteiger partial charge in [0.05, 0.1) is 12.6 Å². The Morgan fingerprint density at radius 3 is 2.03 bits per heavy atom. The van der Waals surface area contributed by atoms with Gasteiger partial charge in [-0.1, -0.05) is 17.6 Å². The van der Waals surface area contributed by atoms with E-state index < -0.39 is 117 Å². The van der Waals surface area contributed by atoms with E-state index >= 15 is 0 Å². The molecule has 1 aliphatic heterocycles. The van der Waals surface area contributed by atoms with Crippen LogP contribution in [0.4, 0.5) is 0 Å². The number of benzene rings is 2. The maximum Gasteiger partial charge on any atom is 3.00 e. The zero-order chi connectivity index (χ0) is 26.1. The second-order valence-electron chi connectivity index (χ2n) is 8.14. The first kappa shape index (κ1) is 31.3. The Balaban J connectivity index is 0.00000241. The van der Waals surface area contributed by atoms with Crippen LogP contribution in [0.25, 0.3) is 0 Å². The number of carbonyl (C=O) groups is 3. The molecule has 13 nitrogen and oxygen atoms in total. The fourth-order valence-electron chi connectivity index (χ4n) is 4.50. The van der Waals surface area contributed by atoms with Crippen molar-refractivity contribution in [2.24, 2.45) is 0 Å². The molecule has 2 aromatic rings. The minimum Gasteiger partial charge on any atom is -0.873 e. The summed E-state index contributed by atoms with van der Waals surface area (Å²) in [5, 5.41) is 102. The number of carboxylic acids is 1. The molecule has 1 aliphatic carbocycles. The van der Waals surface area contributed by atoms with Crippen molar-refractivity contribution in [3.05, 3.63) is 45.0 Å². The van der Waals surface area contributed by atoms with Gasteiger partial charge in [-0.3, -0.25) is 9.59 Å². The summed E-state index contributed by atoms with van der Waals surface area (Å²) in [7, 11) is 0. The Hall–Kier alpha value is -1.96. The summed E-state index contributed by atoms with van der Waals surface area (Å²) in [4.78, 5) is 37.6. The quantitative estimate of drug-likeness (QED) is 0.220. The van der Waals surface area contributed by atoms with Gasteiger partial charge in [-0.05, 0) is 23.6 Å². The third kappa shape index (κ3) is 4.51. The van der Waals surface area contributed by atoms with E-state index in [1.165, 1.54) is 0 Å². The maximum atomic E-state index is 13.3. The van der Waals surface area contributed by atoms with Crippen molar-refractivity contribution in [2.75, 3.05) is 6.61 Å². The molecule has 0 radical (unpaired) electrons. The maximum absolute atomic E-state index is 13.3. The van der Waals surface area contributed by atoms with Crippen LogP contribution in [-0.2, 0) is 4.74 Å². The van der Waals surface area contributed by atoms with Crippen molar-refractivity contribution in [3.8, 4) is 23.0 Å². The Morgan fingerprint density at radius 1 is 0.919 bits per heavy atom. The fourth-order valence-corrected chi connectivity index (χ4v) is 4.50. The number of carboxylic acid groups (broad SMARTS) is 1. The number of rotatable bonds is 3. The van der Waals surface area contributed by atoms with Crippen LogP contribution in [0.1, 0.15) is 59.4 Å². The molecular weight excluding hydrogens is 539 g/mol. The van der Waals surface area contributed by atoms with E-state index in [4.69, 9.17) is 4.74 Å². The summed E-state index contributed by atoms with van der Waals surface area (Å²) < 4.78 is 5.17. The molecular formula is C22H15AlCaO13. The number of ether oxygens (including phenoxy) is 1. The van der Waals surface area contributed by atoms with Crippen molar-refractivity contribution in [2.45, 2.75) is 37.4 Å². The average Bonchev–Trinajstić information content (AvgIpc) is 2.79. The van der Waals surface area contributed by atoms with Crippen molar-refractivity contribution < 1.29 is 65.1 Å². The van der Waals surface area contributed by atoms with Crippen LogP contribution in [0.5, 0.6) is 23.0 Å². The second kappa shape index (κ2) is 11.0. The Kier molecular flexibility index (Phi) is 9.32. The van der Waals surface area contributed by atoms with E-state index in [-0.39, 0.29) is 55.1 Å². The molecule has 5 atom stereocenters. The largest absolute Gasteiger partial charge is 3.00 e. The Bertz CT molecular complexity index is 1310. The summed E-state index contributed by atoms with van der Waals surface area (Å²) in [6, 6.07) is 0.497. The van der Waals surface area contributed by atoms with Crippen molar-refractivity contribution in [1.82, 2.24) is 0 Å². The predicted octanol–water partition coefficient (Wildman–Crippen LogP) is -5.82. The van der Waals surface area contributed by atoms with Crippen molar-refractivity contribution in [3.63, 3.8) is 0 Å². The van der Waals surface area contributed by atoms with E-state index in [9.17, 15) is 60.3 Å². The van der Waals surface area contributed by atoms with Crippen LogP contribution >= 0.6 is 0 Å². The summed E-state index contributed by atoms with van der Waals surface area (Å²) in [5.41, 5.74) is -6.14. The van der Waals surface area contributed by atoms with E-state index in [0.717, 1.165) is 6.92 Å². The molecule has 186 valence electrons. The average molecular weight is 554 g/mol. The number of hydrogen-bond acceptors (Lipinski definition) is 13. The smallest absolute Gasteiger partial charge is 0.873 e. The number of hydrogen-bond donors (Lipinski definition) is 4. The van der Waals surface area contributed by atoms with Crippen molar-refractivity contribution >= 4 is 72.6 Å². The van der Waals surface area contributed by atoms with Gasteiger partial charge in [0.2, 0.25) is 0 Å². The van der Waals surface area contributed by atoms with E-state index in [1.54, 1.807) is 0 Å². The van der Waals surface area contributed by atoms with Crippen LogP contribution in [0.3, 0.4) is 0 Å². The third-order valence-electron chi connectivity index (χ3n) is 6.25. The monoisotopic (exact) mass is 554 g/mol. The van der Waals surface area contributed by atoms with Gasteiger partial charge in [0.15, 0.2) is 11.6 Å². The van der Waals surface area contributed by atoms with Gasteiger partial charge in [-0.25, -0.2) is 0 Å². The standard InChI is InChI=1S/C22H20O13.Al.Ca/c1-4-8-5(2-6(24)9(4)22(33)34)13(25)10-11(15(8)27)16(28)12(18(30)17(10)29)21-20(32)19(31)14(26)7(3-23)35-21;;/h2,7,14,19-21,23-24,26,28-32H,3H2,1H3,(H,33,34);;/q;+3;+2/p-5/t7-,14-,19+,20-,21+;;/m1../s1. The molecule has 4 N–H and O–H groups in total. The first-order valence-corrected chi connectivity index (χ1v) is 10.1. The van der Waals surface area contributed by atoms with Gasteiger partial charge in [0.1, 0.15) is 30.5 Å². The van der Waals surface area contributed by atoms with Crippen LogP contribution in [-0.4, -0.2) is 124 Å². The van der Waals surface area contributed by atoms with Crippen LogP contribution in [0.15, 0.2) is 6.07 Å².